The van der Waals surface area contributed by atoms with Crippen LogP contribution in [0, 0.1) is 17.8 Å². The molecule has 2 N–H and O–H groups in total. The first-order valence-electron chi connectivity index (χ1n) is 7.24. The third kappa shape index (κ3) is 2.59. The number of anilines is 1. The van der Waals surface area contributed by atoms with Crippen molar-refractivity contribution in [2.45, 2.75) is 32.2 Å². The van der Waals surface area contributed by atoms with E-state index < -0.39 is 0 Å². The molecule has 2 fully saturated rings. The number of pyridine rings is 1. The van der Waals surface area contributed by atoms with E-state index in [1.165, 1.54) is 25.7 Å². The fraction of sp³-hybridized carbons (Fsp3) is 0.667. The van der Waals surface area contributed by atoms with Crippen LogP contribution in [0.5, 0.6) is 0 Å². The zero-order chi connectivity index (χ0) is 13.4. The van der Waals surface area contributed by atoms with Crippen molar-refractivity contribution in [3.63, 3.8) is 0 Å². The Labute approximate surface area is 120 Å². The van der Waals surface area contributed by atoms with E-state index in [4.69, 9.17) is 17.3 Å². The molecule has 3 atom stereocenters. The van der Waals surface area contributed by atoms with Crippen LogP contribution in [0.15, 0.2) is 12.1 Å². The van der Waals surface area contributed by atoms with Gasteiger partial charge in [0.05, 0.1) is 10.7 Å². The Bertz CT molecular complexity index is 463. The first kappa shape index (κ1) is 13.2. The van der Waals surface area contributed by atoms with Crippen LogP contribution < -0.4 is 10.6 Å². The number of hydrogen-bond donors (Lipinski definition) is 1. The molecule has 0 aromatic carbocycles. The molecule has 4 heteroatoms. The first-order chi connectivity index (χ1) is 9.17. The fourth-order valence-electron chi connectivity index (χ4n) is 3.87. The molecule has 2 saturated carbocycles. The van der Waals surface area contributed by atoms with Gasteiger partial charge in [0.25, 0.3) is 0 Å². The van der Waals surface area contributed by atoms with Crippen LogP contribution in [0.3, 0.4) is 0 Å². The summed E-state index contributed by atoms with van der Waals surface area (Å²) >= 11 is 6.06. The molecular weight excluding hydrogens is 258 g/mol. The molecule has 3 unspecified atom stereocenters. The summed E-state index contributed by atoms with van der Waals surface area (Å²) in [6.07, 6.45) is 5.76. The Hall–Kier alpha value is -0.800. The van der Waals surface area contributed by atoms with Gasteiger partial charge in [-0.2, -0.15) is 0 Å². The SMILES string of the molecule is CN(CC1CC2CCC1C2)c1ccc(Cl)c(CN)n1. The highest BCUT2D eigenvalue weighted by Crippen LogP contribution is 2.48. The number of halogens is 1. The van der Waals surface area contributed by atoms with E-state index in [2.05, 4.69) is 16.9 Å². The molecule has 1 heterocycles. The average molecular weight is 280 g/mol. The minimum Gasteiger partial charge on any atom is -0.359 e. The van der Waals surface area contributed by atoms with E-state index in [-0.39, 0.29) is 0 Å². The van der Waals surface area contributed by atoms with Crippen molar-refractivity contribution in [1.29, 1.82) is 0 Å². The summed E-state index contributed by atoms with van der Waals surface area (Å²) in [5.74, 6) is 3.80. The fourth-order valence-corrected chi connectivity index (χ4v) is 4.06. The third-order valence-electron chi connectivity index (χ3n) is 4.88. The molecule has 104 valence electrons. The van der Waals surface area contributed by atoms with Gasteiger partial charge in [-0.15, -0.1) is 0 Å². The Morgan fingerprint density at radius 1 is 1.37 bits per heavy atom. The Kier molecular flexibility index (Phi) is 3.68. The van der Waals surface area contributed by atoms with Crippen LogP contribution in [0.2, 0.25) is 5.02 Å². The second-order valence-corrected chi connectivity index (χ2v) is 6.52. The maximum absolute atomic E-state index is 6.06. The molecule has 0 spiro atoms. The lowest BCUT2D eigenvalue weighted by Crippen LogP contribution is -2.29. The van der Waals surface area contributed by atoms with Crippen LogP contribution in [0.1, 0.15) is 31.4 Å². The molecule has 0 amide bonds. The van der Waals surface area contributed by atoms with Gasteiger partial charge < -0.3 is 10.6 Å². The Morgan fingerprint density at radius 2 is 2.21 bits per heavy atom. The second-order valence-electron chi connectivity index (χ2n) is 6.12. The molecule has 0 aliphatic heterocycles. The minimum atomic E-state index is 0.397. The smallest absolute Gasteiger partial charge is 0.128 e. The van der Waals surface area contributed by atoms with Gasteiger partial charge in [-0.1, -0.05) is 18.0 Å². The summed E-state index contributed by atoms with van der Waals surface area (Å²) in [6.45, 7) is 1.51. The zero-order valence-corrected chi connectivity index (χ0v) is 12.2. The topological polar surface area (TPSA) is 42.1 Å². The lowest BCUT2D eigenvalue weighted by molar-refractivity contribution is 0.337. The highest BCUT2D eigenvalue weighted by Gasteiger charge is 2.39. The minimum absolute atomic E-state index is 0.397. The Balaban J connectivity index is 1.68. The van der Waals surface area contributed by atoms with Crippen molar-refractivity contribution in [2.24, 2.45) is 23.5 Å². The van der Waals surface area contributed by atoms with Crippen LogP contribution in [0.25, 0.3) is 0 Å². The van der Waals surface area contributed by atoms with Crippen molar-refractivity contribution in [2.75, 3.05) is 18.5 Å². The molecular formula is C15H22ClN3. The molecule has 0 radical (unpaired) electrons. The number of aromatic nitrogens is 1. The largest absolute Gasteiger partial charge is 0.359 e. The van der Waals surface area contributed by atoms with E-state index in [0.717, 1.165) is 35.8 Å². The van der Waals surface area contributed by atoms with Gasteiger partial charge in [-0.05, 0) is 49.1 Å². The van der Waals surface area contributed by atoms with E-state index in [0.29, 0.717) is 11.6 Å². The standard InChI is InChI=1S/C15H22ClN3/c1-19(9-12-7-10-2-3-11(12)6-10)15-5-4-13(16)14(8-17)18-15/h4-5,10-12H,2-3,6-9,17H2,1H3. The van der Waals surface area contributed by atoms with Crippen molar-refractivity contribution < 1.29 is 0 Å². The van der Waals surface area contributed by atoms with Gasteiger partial charge in [0.2, 0.25) is 0 Å². The lowest BCUT2D eigenvalue weighted by Gasteiger charge is -2.28. The quantitative estimate of drug-likeness (QED) is 0.921. The lowest BCUT2D eigenvalue weighted by atomic mass is 9.88. The monoisotopic (exact) mass is 279 g/mol. The predicted octanol–water partition coefficient (Wildman–Crippen LogP) is 3.07. The van der Waals surface area contributed by atoms with Gasteiger partial charge in [0, 0.05) is 20.1 Å². The number of fused-ring (bicyclic) bond motifs is 2. The number of hydrogen-bond acceptors (Lipinski definition) is 3. The van der Waals surface area contributed by atoms with Crippen molar-refractivity contribution in [3.8, 4) is 0 Å². The number of nitrogens with two attached hydrogens (primary N) is 1. The van der Waals surface area contributed by atoms with Crippen LogP contribution in [-0.4, -0.2) is 18.6 Å². The first-order valence-corrected chi connectivity index (χ1v) is 7.61. The molecule has 3 nitrogen and oxygen atoms in total. The maximum atomic E-state index is 6.06. The Morgan fingerprint density at radius 3 is 2.84 bits per heavy atom. The summed E-state index contributed by atoms with van der Waals surface area (Å²) in [6, 6.07) is 3.90. The van der Waals surface area contributed by atoms with E-state index in [1.54, 1.807) is 0 Å². The van der Waals surface area contributed by atoms with E-state index >= 15 is 0 Å². The van der Waals surface area contributed by atoms with Crippen molar-refractivity contribution in [1.82, 2.24) is 4.98 Å². The number of rotatable bonds is 4. The van der Waals surface area contributed by atoms with Gasteiger partial charge in [0.1, 0.15) is 5.82 Å². The van der Waals surface area contributed by atoms with Crippen LogP contribution >= 0.6 is 11.6 Å². The average Bonchev–Trinajstić information content (AvgIpc) is 3.01. The summed E-state index contributed by atoms with van der Waals surface area (Å²) in [5, 5.41) is 0.666. The van der Waals surface area contributed by atoms with Gasteiger partial charge in [-0.3, -0.25) is 0 Å². The van der Waals surface area contributed by atoms with E-state index in [1.807, 2.05) is 12.1 Å². The molecule has 2 bridgehead atoms. The van der Waals surface area contributed by atoms with Crippen LogP contribution in [0.4, 0.5) is 5.82 Å². The van der Waals surface area contributed by atoms with E-state index in [9.17, 15) is 0 Å². The third-order valence-corrected chi connectivity index (χ3v) is 5.23. The highest BCUT2D eigenvalue weighted by atomic mass is 35.5. The van der Waals surface area contributed by atoms with Gasteiger partial charge in [-0.25, -0.2) is 4.98 Å². The molecule has 1 aromatic heterocycles. The molecule has 3 rings (SSSR count). The zero-order valence-electron chi connectivity index (χ0n) is 11.5. The van der Waals surface area contributed by atoms with Crippen molar-refractivity contribution in [3.05, 3.63) is 22.8 Å². The van der Waals surface area contributed by atoms with Gasteiger partial charge in [0.15, 0.2) is 0 Å². The highest BCUT2D eigenvalue weighted by molar-refractivity contribution is 6.31. The molecule has 19 heavy (non-hydrogen) atoms. The van der Waals surface area contributed by atoms with Crippen LogP contribution in [-0.2, 0) is 6.54 Å². The summed E-state index contributed by atoms with van der Waals surface area (Å²) in [7, 11) is 2.13. The summed E-state index contributed by atoms with van der Waals surface area (Å²) in [5.41, 5.74) is 6.46. The molecule has 0 saturated heterocycles. The molecule has 2 aliphatic carbocycles. The molecule has 2 aliphatic rings. The normalized spacial score (nSPS) is 28.9. The maximum Gasteiger partial charge on any atom is 0.128 e. The number of nitrogens with zero attached hydrogens (tertiary/aromatic N) is 2. The van der Waals surface area contributed by atoms with Gasteiger partial charge >= 0.3 is 0 Å². The summed E-state index contributed by atoms with van der Waals surface area (Å²) in [4.78, 5) is 6.83. The summed E-state index contributed by atoms with van der Waals surface area (Å²) < 4.78 is 0. The second kappa shape index (κ2) is 5.29. The van der Waals surface area contributed by atoms with Crippen molar-refractivity contribution >= 4 is 17.4 Å². The predicted molar refractivity (Wildman–Crippen MR) is 79.3 cm³/mol. The molecule has 1 aromatic rings.